The summed E-state index contributed by atoms with van der Waals surface area (Å²) in [5.74, 6) is -3.43. The zero-order valence-corrected chi connectivity index (χ0v) is 15.3. The summed E-state index contributed by atoms with van der Waals surface area (Å²) in [6.07, 6.45) is -0.196. The van der Waals surface area contributed by atoms with E-state index in [0.29, 0.717) is 0 Å². The van der Waals surface area contributed by atoms with Gasteiger partial charge in [-0.2, -0.15) is 0 Å². The van der Waals surface area contributed by atoms with Crippen molar-refractivity contribution in [2.24, 2.45) is 11.7 Å². The summed E-state index contributed by atoms with van der Waals surface area (Å²) < 4.78 is 17.7. The number of hydrogen-bond acceptors (Lipinski definition) is 5. The summed E-state index contributed by atoms with van der Waals surface area (Å²) in [5.41, 5.74) is 5.88. The summed E-state index contributed by atoms with van der Waals surface area (Å²) in [7, 11) is 0. The van der Waals surface area contributed by atoms with E-state index in [2.05, 4.69) is 5.32 Å². The molecule has 0 aliphatic rings. The third-order valence-corrected chi connectivity index (χ3v) is 3.93. The molecular weight excluding hydrogens is 355 g/mol. The predicted octanol–water partition coefficient (Wildman–Crippen LogP) is 1.09. The van der Waals surface area contributed by atoms with Gasteiger partial charge in [-0.1, -0.05) is 30.3 Å². The Morgan fingerprint density at radius 3 is 2.41 bits per heavy atom. The van der Waals surface area contributed by atoms with Gasteiger partial charge >= 0.3 is 5.97 Å². The van der Waals surface area contributed by atoms with Crippen LogP contribution in [-0.2, 0) is 30.3 Å². The molecule has 0 spiro atoms. The van der Waals surface area contributed by atoms with Gasteiger partial charge in [0.05, 0.1) is 25.0 Å². The first-order chi connectivity index (χ1) is 12.9. The number of ether oxygens (including phenoxy) is 1. The zero-order valence-electron chi connectivity index (χ0n) is 15.3. The first-order valence-corrected chi connectivity index (χ1v) is 8.74. The molecule has 27 heavy (non-hydrogen) atoms. The smallest absolute Gasteiger partial charge is 0.306 e. The highest BCUT2D eigenvalue weighted by Crippen LogP contribution is 2.15. The Balaban J connectivity index is 2.89. The van der Waals surface area contributed by atoms with Crippen molar-refractivity contribution in [1.82, 2.24) is 5.32 Å². The Labute approximate surface area is 157 Å². The Morgan fingerprint density at radius 2 is 1.85 bits per heavy atom. The number of rotatable bonds is 12. The number of carbonyl (C=O) groups excluding carboxylic acids is 4. The van der Waals surface area contributed by atoms with Gasteiger partial charge in [0.2, 0.25) is 11.8 Å². The summed E-state index contributed by atoms with van der Waals surface area (Å²) in [4.78, 5) is 47.2. The monoisotopic (exact) mass is 380 g/mol. The highest BCUT2D eigenvalue weighted by molar-refractivity contribution is 5.92. The van der Waals surface area contributed by atoms with Crippen molar-refractivity contribution in [3.05, 3.63) is 35.9 Å². The molecule has 7 nitrogen and oxygen atoms in total. The second-order valence-corrected chi connectivity index (χ2v) is 6.06. The van der Waals surface area contributed by atoms with Gasteiger partial charge in [-0.25, -0.2) is 4.39 Å². The normalized spacial score (nSPS) is 12.7. The van der Waals surface area contributed by atoms with Crippen molar-refractivity contribution < 1.29 is 28.3 Å². The van der Waals surface area contributed by atoms with Gasteiger partial charge in [0.1, 0.15) is 6.67 Å². The average molecular weight is 380 g/mol. The molecule has 0 saturated carbocycles. The van der Waals surface area contributed by atoms with Gasteiger partial charge < -0.3 is 15.8 Å². The van der Waals surface area contributed by atoms with Crippen LogP contribution in [0.5, 0.6) is 0 Å². The largest absolute Gasteiger partial charge is 0.466 e. The molecule has 2 unspecified atom stereocenters. The number of alkyl halides is 1. The SMILES string of the molecule is CCOC(=O)CC(Cc1ccccc1)C(=O)NC(CCC(N)=O)C(=O)CF. The summed E-state index contributed by atoms with van der Waals surface area (Å²) in [6.45, 7) is 0.564. The molecule has 0 radical (unpaired) electrons. The fourth-order valence-electron chi connectivity index (χ4n) is 2.56. The zero-order chi connectivity index (χ0) is 20.2. The Kier molecular flexibility index (Phi) is 9.71. The lowest BCUT2D eigenvalue weighted by molar-refractivity contribution is -0.146. The number of hydrogen-bond donors (Lipinski definition) is 2. The molecule has 2 atom stereocenters. The molecule has 1 rings (SSSR count). The van der Waals surface area contributed by atoms with Crippen LogP contribution in [0.3, 0.4) is 0 Å². The van der Waals surface area contributed by atoms with E-state index in [9.17, 15) is 23.6 Å². The van der Waals surface area contributed by atoms with E-state index in [1.54, 1.807) is 19.1 Å². The maximum absolute atomic E-state index is 12.8. The number of benzene rings is 1. The molecule has 0 aliphatic heterocycles. The topological polar surface area (TPSA) is 116 Å². The van der Waals surface area contributed by atoms with Gasteiger partial charge in [-0.3, -0.25) is 19.2 Å². The molecule has 1 aromatic carbocycles. The third-order valence-electron chi connectivity index (χ3n) is 3.93. The quantitative estimate of drug-likeness (QED) is 0.527. The van der Waals surface area contributed by atoms with Crippen LogP contribution in [0.2, 0.25) is 0 Å². The number of nitrogens with two attached hydrogens (primary N) is 1. The van der Waals surface area contributed by atoms with Gasteiger partial charge in [0.25, 0.3) is 0 Å². The maximum Gasteiger partial charge on any atom is 0.306 e. The summed E-state index contributed by atoms with van der Waals surface area (Å²) in [6, 6.07) is 7.87. The lowest BCUT2D eigenvalue weighted by atomic mass is 9.94. The first-order valence-electron chi connectivity index (χ1n) is 8.74. The van der Waals surface area contributed by atoms with Crippen molar-refractivity contribution in [2.45, 2.75) is 38.6 Å². The van der Waals surface area contributed by atoms with E-state index < -0.39 is 42.2 Å². The van der Waals surface area contributed by atoms with Crippen LogP contribution in [0.25, 0.3) is 0 Å². The second kappa shape index (κ2) is 11.8. The number of primary amides is 1. The van der Waals surface area contributed by atoms with E-state index in [4.69, 9.17) is 10.5 Å². The van der Waals surface area contributed by atoms with E-state index in [-0.39, 0.29) is 32.3 Å². The highest BCUT2D eigenvalue weighted by Gasteiger charge is 2.28. The minimum absolute atomic E-state index is 0.0959. The number of nitrogens with one attached hydrogen (secondary N) is 1. The van der Waals surface area contributed by atoms with Gasteiger partial charge in [-0.15, -0.1) is 0 Å². The Morgan fingerprint density at radius 1 is 1.19 bits per heavy atom. The molecular formula is C19H25FN2O5. The molecule has 3 N–H and O–H groups in total. The van der Waals surface area contributed by atoms with Crippen molar-refractivity contribution in [1.29, 1.82) is 0 Å². The van der Waals surface area contributed by atoms with Crippen LogP contribution < -0.4 is 11.1 Å². The van der Waals surface area contributed by atoms with Crippen molar-refractivity contribution in [3.63, 3.8) is 0 Å². The predicted molar refractivity (Wildman–Crippen MR) is 96.2 cm³/mol. The molecule has 0 aliphatic carbocycles. The fraction of sp³-hybridized carbons (Fsp3) is 0.474. The number of esters is 1. The summed E-state index contributed by atoms with van der Waals surface area (Å²) >= 11 is 0. The molecule has 8 heteroatoms. The van der Waals surface area contributed by atoms with Crippen molar-refractivity contribution in [2.75, 3.05) is 13.3 Å². The summed E-state index contributed by atoms with van der Waals surface area (Å²) in [5, 5.41) is 2.45. The fourth-order valence-corrected chi connectivity index (χ4v) is 2.56. The minimum Gasteiger partial charge on any atom is -0.466 e. The molecule has 0 heterocycles. The van der Waals surface area contributed by atoms with Crippen LogP contribution in [-0.4, -0.2) is 42.9 Å². The molecule has 148 valence electrons. The second-order valence-electron chi connectivity index (χ2n) is 6.06. The standard InChI is InChI=1S/C19H25FN2O5/c1-2-27-18(25)11-14(10-13-6-4-3-5-7-13)19(26)22-15(16(23)12-20)8-9-17(21)24/h3-7,14-15H,2,8-12H2,1H3,(H2,21,24)(H,22,26). The Bertz CT molecular complexity index is 651. The van der Waals surface area contributed by atoms with Crippen molar-refractivity contribution >= 4 is 23.6 Å². The van der Waals surface area contributed by atoms with E-state index in [0.717, 1.165) is 5.56 Å². The number of ketones is 1. The number of amides is 2. The molecule has 0 fully saturated rings. The van der Waals surface area contributed by atoms with Crippen LogP contribution >= 0.6 is 0 Å². The van der Waals surface area contributed by atoms with Gasteiger partial charge in [0.15, 0.2) is 5.78 Å². The molecule has 0 aromatic heterocycles. The minimum atomic E-state index is -1.27. The van der Waals surface area contributed by atoms with Gasteiger partial charge in [0, 0.05) is 6.42 Å². The third kappa shape index (κ3) is 8.44. The lowest BCUT2D eigenvalue weighted by Crippen LogP contribution is -2.45. The van der Waals surface area contributed by atoms with Crippen LogP contribution in [0.15, 0.2) is 30.3 Å². The van der Waals surface area contributed by atoms with E-state index in [1.807, 2.05) is 18.2 Å². The van der Waals surface area contributed by atoms with Crippen molar-refractivity contribution in [3.8, 4) is 0 Å². The van der Waals surface area contributed by atoms with E-state index >= 15 is 0 Å². The number of Topliss-reactive ketones (excluding diaryl/α,β-unsaturated/α-hetero) is 1. The van der Waals surface area contributed by atoms with Crippen LogP contribution in [0.1, 0.15) is 31.7 Å². The van der Waals surface area contributed by atoms with Crippen LogP contribution in [0.4, 0.5) is 4.39 Å². The highest BCUT2D eigenvalue weighted by atomic mass is 19.1. The van der Waals surface area contributed by atoms with Gasteiger partial charge in [-0.05, 0) is 25.3 Å². The maximum atomic E-state index is 12.8. The van der Waals surface area contributed by atoms with E-state index in [1.165, 1.54) is 0 Å². The first kappa shape index (κ1) is 22.3. The molecule has 0 saturated heterocycles. The Hall–Kier alpha value is -2.77. The molecule has 2 amide bonds. The van der Waals surface area contributed by atoms with Crippen LogP contribution in [0, 0.1) is 5.92 Å². The number of halogens is 1. The lowest BCUT2D eigenvalue weighted by Gasteiger charge is -2.21. The number of carbonyl (C=O) groups is 4. The molecule has 0 bridgehead atoms. The molecule has 1 aromatic rings. The average Bonchev–Trinajstić information content (AvgIpc) is 2.64.